The van der Waals surface area contributed by atoms with Crippen LogP contribution in [0, 0.1) is 13.8 Å². The van der Waals surface area contributed by atoms with Crippen LogP contribution in [0.15, 0.2) is 10.5 Å². The molecule has 94 valence electrons. The van der Waals surface area contributed by atoms with Gasteiger partial charge in [-0.15, -0.1) is 0 Å². The van der Waals surface area contributed by atoms with Gasteiger partial charge in [-0.3, -0.25) is 4.79 Å². The Balaban J connectivity index is 2.21. The minimum absolute atomic E-state index is 0.0156. The van der Waals surface area contributed by atoms with Crippen LogP contribution in [0.25, 0.3) is 0 Å². The van der Waals surface area contributed by atoms with Crippen LogP contribution in [0.4, 0.5) is 0 Å². The summed E-state index contributed by atoms with van der Waals surface area (Å²) in [4.78, 5) is 14.1. The average Bonchev–Trinajstić information content (AvgIpc) is 2.67. The van der Waals surface area contributed by atoms with E-state index < -0.39 is 0 Å². The predicted octanol–water partition coefficient (Wildman–Crippen LogP) is 0.696. The van der Waals surface area contributed by atoms with Crippen molar-refractivity contribution in [3.8, 4) is 0 Å². The summed E-state index contributed by atoms with van der Waals surface area (Å²) in [6.07, 6.45) is 0. The lowest BCUT2D eigenvalue weighted by Gasteiger charge is -2.34. The molecule has 1 aliphatic heterocycles. The Morgan fingerprint density at radius 2 is 2.35 bits per heavy atom. The second-order valence-electron chi connectivity index (χ2n) is 4.29. The van der Waals surface area contributed by atoms with E-state index in [9.17, 15) is 4.79 Å². The van der Waals surface area contributed by atoms with Gasteiger partial charge in [0, 0.05) is 13.1 Å². The van der Waals surface area contributed by atoms with Gasteiger partial charge >= 0.3 is 0 Å². The molecule has 1 atom stereocenters. The molecule has 2 N–H and O–H groups in total. The van der Waals surface area contributed by atoms with Crippen LogP contribution >= 0.6 is 0 Å². The van der Waals surface area contributed by atoms with E-state index in [0.717, 1.165) is 5.76 Å². The zero-order chi connectivity index (χ0) is 12.4. The molecule has 1 fully saturated rings. The number of carbonyl (C=O) groups is 1. The fourth-order valence-corrected chi connectivity index (χ4v) is 2.12. The average molecular weight is 238 g/mol. The molecule has 0 spiro atoms. The van der Waals surface area contributed by atoms with Gasteiger partial charge in [0.2, 0.25) is 0 Å². The third-order valence-corrected chi connectivity index (χ3v) is 3.03. The maximum atomic E-state index is 12.4. The predicted molar refractivity (Wildman–Crippen MR) is 62.9 cm³/mol. The van der Waals surface area contributed by atoms with E-state index in [1.165, 1.54) is 0 Å². The smallest absolute Gasteiger partial charge is 0.257 e. The lowest BCUT2D eigenvalue weighted by atomic mass is 10.1. The van der Waals surface area contributed by atoms with Gasteiger partial charge in [0.25, 0.3) is 5.91 Å². The first-order chi connectivity index (χ1) is 8.13. The SMILES string of the molecule is Cc1cc(C(=O)N2CCOCC2CN)c(C)o1. The highest BCUT2D eigenvalue weighted by atomic mass is 16.5. The second-order valence-corrected chi connectivity index (χ2v) is 4.29. The third kappa shape index (κ3) is 2.35. The zero-order valence-electron chi connectivity index (χ0n) is 10.2. The third-order valence-electron chi connectivity index (χ3n) is 3.03. The number of morpholine rings is 1. The molecule has 5 heteroatoms. The second kappa shape index (κ2) is 4.89. The Morgan fingerprint density at radius 1 is 1.59 bits per heavy atom. The van der Waals surface area contributed by atoms with E-state index in [1.54, 1.807) is 17.9 Å². The summed E-state index contributed by atoms with van der Waals surface area (Å²) in [5.74, 6) is 1.40. The number of furan rings is 1. The van der Waals surface area contributed by atoms with E-state index >= 15 is 0 Å². The lowest BCUT2D eigenvalue weighted by molar-refractivity contribution is 0.000749. The Labute approximate surface area is 101 Å². The quantitative estimate of drug-likeness (QED) is 0.823. The van der Waals surface area contributed by atoms with E-state index in [-0.39, 0.29) is 11.9 Å². The topological polar surface area (TPSA) is 68.7 Å². The van der Waals surface area contributed by atoms with Crippen molar-refractivity contribution in [2.45, 2.75) is 19.9 Å². The first-order valence-electron chi connectivity index (χ1n) is 5.79. The summed E-state index contributed by atoms with van der Waals surface area (Å²) >= 11 is 0. The van der Waals surface area contributed by atoms with Crippen molar-refractivity contribution in [1.82, 2.24) is 4.90 Å². The minimum atomic E-state index is -0.0362. The van der Waals surface area contributed by atoms with Gasteiger partial charge in [0.15, 0.2) is 0 Å². The van der Waals surface area contributed by atoms with Crippen LogP contribution < -0.4 is 5.73 Å². The molecule has 5 nitrogen and oxygen atoms in total. The number of rotatable bonds is 2. The molecule has 0 aromatic carbocycles. The van der Waals surface area contributed by atoms with Crippen LogP contribution in [-0.4, -0.2) is 43.2 Å². The van der Waals surface area contributed by atoms with Crippen molar-refractivity contribution in [2.24, 2.45) is 5.73 Å². The van der Waals surface area contributed by atoms with Gasteiger partial charge in [-0.25, -0.2) is 0 Å². The summed E-state index contributed by atoms with van der Waals surface area (Å²) in [7, 11) is 0. The van der Waals surface area contributed by atoms with Gasteiger partial charge in [-0.2, -0.15) is 0 Å². The van der Waals surface area contributed by atoms with Crippen LogP contribution in [0.2, 0.25) is 0 Å². The molecular formula is C12H18N2O3. The number of amides is 1. The minimum Gasteiger partial charge on any atom is -0.466 e. The molecule has 1 saturated heterocycles. The van der Waals surface area contributed by atoms with Crippen molar-refractivity contribution < 1.29 is 13.9 Å². The molecule has 0 bridgehead atoms. The Morgan fingerprint density at radius 3 is 2.94 bits per heavy atom. The Bertz CT molecular complexity index is 414. The fourth-order valence-electron chi connectivity index (χ4n) is 2.12. The summed E-state index contributed by atoms with van der Waals surface area (Å²) in [6, 6.07) is 1.74. The maximum Gasteiger partial charge on any atom is 0.257 e. The normalized spacial score (nSPS) is 20.6. The van der Waals surface area contributed by atoms with Crippen molar-refractivity contribution in [3.63, 3.8) is 0 Å². The number of hydrogen-bond donors (Lipinski definition) is 1. The molecule has 1 unspecified atom stereocenters. The van der Waals surface area contributed by atoms with E-state index in [0.29, 0.717) is 37.6 Å². The molecule has 0 aliphatic carbocycles. The zero-order valence-corrected chi connectivity index (χ0v) is 10.2. The van der Waals surface area contributed by atoms with Crippen LogP contribution in [0.1, 0.15) is 21.9 Å². The lowest BCUT2D eigenvalue weighted by Crippen LogP contribution is -2.52. The molecule has 2 rings (SSSR count). The van der Waals surface area contributed by atoms with E-state index in [2.05, 4.69) is 0 Å². The van der Waals surface area contributed by atoms with Crippen LogP contribution in [0.3, 0.4) is 0 Å². The molecular weight excluding hydrogens is 220 g/mol. The summed E-state index contributed by atoms with van der Waals surface area (Å²) in [5.41, 5.74) is 6.28. The number of carbonyl (C=O) groups excluding carboxylic acids is 1. The summed E-state index contributed by atoms with van der Waals surface area (Å²) in [5, 5.41) is 0. The van der Waals surface area contributed by atoms with Crippen LogP contribution in [-0.2, 0) is 4.74 Å². The highest BCUT2D eigenvalue weighted by Crippen LogP contribution is 2.18. The molecule has 0 radical (unpaired) electrons. The van der Waals surface area contributed by atoms with Gasteiger partial charge < -0.3 is 19.8 Å². The summed E-state index contributed by atoms with van der Waals surface area (Å²) in [6.45, 7) is 5.73. The number of aryl methyl sites for hydroxylation is 2. The molecule has 2 heterocycles. The number of ether oxygens (including phenoxy) is 1. The number of nitrogens with zero attached hydrogens (tertiary/aromatic N) is 1. The fraction of sp³-hybridized carbons (Fsp3) is 0.583. The van der Waals surface area contributed by atoms with Crippen molar-refractivity contribution in [2.75, 3.05) is 26.3 Å². The van der Waals surface area contributed by atoms with Gasteiger partial charge in [-0.05, 0) is 19.9 Å². The van der Waals surface area contributed by atoms with Crippen LogP contribution in [0.5, 0.6) is 0 Å². The number of nitrogens with two attached hydrogens (primary N) is 1. The van der Waals surface area contributed by atoms with Crippen molar-refractivity contribution in [1.29, 1.82) is 0 Å². The first-order valence-corrected chi connectivity index (χ1v) is 5.79. The van der Waals surface area contributed by atoms with E-state index in [1.807, 2.05) is 6.92 Å². The molecule has 1 aromatic rings. The van der Waals surface area contributed by atoms with Crippen molar-refractivity contribution in [3.05, 3.63) is 23.2 Å². The monoisotopic (exact) mass is 238 g/mol. The molecule has 17 heavy (non-hydrogen) atoms. The van der Waals surface area contributed by atoms with Gasteiger partial charge in [0.05, 0.1) is 24.8 Å². The highest BCUT2D eigenvalue weighted by Gasteiger charge is 2.28. The van der Waals surface area contributed by atoms with Gasteiger partial charge in [-0.1, -0.05) is 0 Å². The Kier molecular flexibility index (Phi) is 3.49. The van der Waals surface area contributed by atoms with E-state index in [4.69, 9.17) is 14.9 Å². The Hall–Kier alpha value is -1.33. The molecule has 1 aliphatic rings. The largest absolute Gasteiger partial charge is 0.466 e. The summed E-state index contributed by atoms with van der Waals surface area (Å²) < 4.78 is 10.7. The van der Waals surface area contributed by atoms with Crippen molar-refractivity contribution >= 4 is 5.91 Å². The molecule has 0 saturated carbocycles. The standard InChI is InChI=1S/C12H18N2O3/c1-8-5-11(9(2)17-8)12(15)14-3-4-16-7-10(14)6-13/h5,10H,3-4,6-7,13H2,1-2H3. The maximum absolute atomic E-state index is 12.4. The first kappa shape index (κ1) is 12.1. The highest BCUT2D eigenvalue weighted by molar-refractivity contribution is 5.95. The number of hydrogen-bond acceptors (Lipinski definition) is 4. The molecule has 1 amide bonds. The molecule has 1 aromatic heterocycles. The van der Waals surface area contributed by atoms with Gasteiger partial charge in [0.1, 0.15) is 11.5 Å².